The third kappa shape index (κ3) is 39.6. The summed E-state index contributed by atoms with van der Waals surface area (Å²) in [6.07, 6.45) is 36.2. The first-order chi connectivity index (χ1) is 48.9. The number of pyridine rings is 1. The molecule has 100 heavy (non-hydrogen) atoms. The number of aliphatic hydroxyl groups is 1. The molecule has 0 aliphatic rings. The number of aliphatic hydroxyl groups excluding tert-OH is 1. The number of esters is 2. The van der Waals surface area contributed by atoms with Crippen molar-refractivity contribution in [3.8, 4) is 0 Å². The first-order valence-electron chi connectivity index (χ1n) is 38.8. The van der Waals surface area contributed by atoms with Crippen molar-refractivity contribution in [1.29, 1.82) is 0 Å². The molecule has 0 aliphatic carbocycles. The minimum absolute atomic E-state index is 0.0667. The number of aryl methyl sites for hydroxylation is 1. The summed E-state index contributed by atoms with van der Waals surface area (Å²) in [5.74, 6) is -0.720. The number of anilines is 1. The predicted octanol–water partition coefficient (Wildman–Crippen LogP) is 14.5. The zero-order valence-corrected chi connectivity index (χ0v) is 62.6. The summed E-state index contributed by atoms with van der Waals surface area (Å²) in [6, 6.07) is 15.3. The Morgan fingerprint density at radius 3 is 1.60 bits per heavy atom. The van der Waals surface area contributed by atoms with Crippen molar-refractivity contribution in [3.05, 3.63) is 65.5 Å². The van der Waals surface area contributed by atoms with Crippen molar-refractivity contribution in [1.82, 2.24) is 30.5 Å². The Labute approximate surface area is 603 Å². The van der Waals surface area contributed by atoms with Crippen LogP contribution >= 0.6 is 11.8 Å². The minimum atomic E-state index is -0.957. The van der Waals surface area contributed by atoms with E-state index in [9.17, 15) is 33.9 Å². The van der Waals surface area contributed by atoms with Crippen molar-refractivity contribution in [2.24, 2.45) is 11.7 Å². The van der Waals surface area contributed by atoms with Gasteiger partial charge in [-0.05, 0) is 55.7 Å². The number of carbonyl (C=O) groups excluding carboxylic acids is 6. The highest BCUT2D eigenvalue weighted by atomic mass is 32.2. The zero-order valence-electron chi connectivity index (χ0n) is 61.8. The van der Waals surface area contributed by atoms with Crippen LogP contribution in [0.5, 0.6) is 0 Å². The molecule has 4 aromatic rings. The van der Waals surface area contributed by atoms with Crippen molar-refractivity contribution >= 4 is 75.0 Å². The van der Waals surface area contributed by atoms with Crippen LogP contribution in [0.3, 0.4) is 0 Å². The topological polar surface area (TPSA) is 288 Å². The smallest absolute Gasteiger partial charge is 0.306 e. The number of para-hydroxylation sites is 1. The van der Waals surface area contributed by atoms with E-state index in [-0.39, 0.29) is 66.9 Å². The molecule has 564 valence electrons. The molecule has 0 fully saturated rings. The molecule has 0 saturated heterocycles. The van der Waals surface area contributed by atoms with Crippen LogP contribution < -0.4 is 27.4 Å². The number of thioether (sulfide) groups is 1. The van der Waals surface area contributed by atoms with Gasteiger partial charge in [0.25, 0.3) is 0 Å². The van der Waals surface area contributed by atoms with Gasteiger partial charge in [-0.2, -0.15) is 11.8 Å². The Morgan fingerprint density at radius 1 is 0.540 bits per heavy atom. The Bertz CT molecular complexity index is 2840. The molecule has 3 amide bonds. The molecule has 0 aliphatic heterocycles. The van der Waals surface area contributed by atoms with Crippen LogP contribution in [-0.4, -0.2) is 145 Å². The SMILES string of the molecule is CCCCCCCCCCCCCCCC(=O)OC[C@H](CSC[C@H](N)C(=O)C[C@H](CO)C(=O)NCCCOCCOCCOCCCNC(=O)CCCC(=O)NCc1ccc(Cn2c(CCCC)nc3c(N)nc4ccccc4c32)cc1)OC(=O)CCCCCCCCCCCCCCC. The Morgan fingerprint density at radius 2 is 1.04 bits per heavy atom. The van der Waals surface area contributed by atoms with Gasteiger partial charge in [0.2, 0.25) is 17.7 Å². The van der Waals surface area contributed by atoms with Gasteiger partial charge in [0, 0.05) is 94.8 Å². The fourth-order valence-corrected chi connectivity index (χ4v) is 13.1. The zero-order chi connectivity index (χ0) is 71.9. The molecule has 20 nitrogen and oxygen atoms in total. The van der Waals surface area contributed by atoms with Crippen molar-refractivity contribution in [2.75, 3.05) is 83.2 Å². The van der Waals surface area contributed by atoms with Gasteiger partial charge in [0.15, 0.2) is 11.6 Å². The summed E-state index contributed by atoms with van der Waals surface area (Å²) >= 11 is 1.33. The Balaban J connectivity index is 0.988. The molecule has 21 heteroatoms. The number of fused-ring (bicyclic) bond motifs is 3. The van der Waals surface area contributed by atoms with E-state index in [0.29, 0.717) is 104 Å². The molecule has 4 rings (SSSR count). The number of aromatic nitrogens is 3. The number of nitrogens with two attached hydrogens (primary N) is 2. The molecule has 0 spiro atoms. The molecule has 2 aromatic carbocycles. The molecule has 3 atom stereocenters. The van der Waals surface area contributed by atoms with E-state index in [2.05, 4.69) is 64.5 Å². The number of hydrogen-bond donors (Lipinski definition) is 6. The Kier molecular flexibility index (Phi) is 49.2. The summed E-state index contributed by atoms with van der Waals surface area (Å²) in [4.78, 5) is 86.6. The number of carbonyl (C=O) groups is 6. The quantitative estimate of drug-likeness (QED) is 0.0177. The number of ether oxygens (including phenoxy) is 5. The average Bonchev–Trinajstić information content (AvgIpc) is 1.39. The number of benzene rings is 2. The molecule has 0 saturated carbocycles. The normalized spacial score (nSPS) is 12.4. The van der Waals surface area contributed by atoms with Gasteiger partial charge in [-0.1, -0.05) is 224 Å². The fourth-order valence-electron chi connectivity index (χ4n) is 12.1. The highest BCUT2D eigenvalue weighted by molar-refractivity contribution is 7.99. The van der Waals surface area contributed by atoms with Crippen molar-refractivity contribution in [2.45, 2.75) is 284 Å². The van der Waals surface area contributed by atoms with Gasteiger partial charge >= 0.3 is 11.9 Å². The van der Waals surface area contributed by atoms with Gasteiger partial charge in [-0.15, -0.1) is 0 Å². The number of nitrogens with one attached hydrogen (secondary N) is 3. The number of nitrogen functional groups attached to an aromatic ring is 1. The maximum absolute atomic E-state index is 13.2. The third-order valence-electron chi connectivity index (χ3n) is 18.2. The largest absolute Gasteiger partial charge is 0.462 e. The van der Waals surface area contributed by atoms with Gasteiger partial charge in [0.1, 0.15) is 24.1 Å². The number of amides is 3. The summed E-state index contributed by atoms with van der Waals surface area (Å²) in [7, 11) is 0. The lowest BCUT2D eigenvalue weighted by molar-refractivity contribution is -0.157. The summed E-state index contributed by atoms with van der Waals surface area (Å²) in [6.45, 7) is 10.2. The van der Waals surface area contributed by atoms with Crippen LogP contribution in [0.2, 0.25) is 0 Å². The third-order valence-corrected chi connectivity index (χ3v) is 19.4. The van der Waals surface area contributed by atoms with Gasteiger partial charge in [-0.3, -0.25) is 28.8 Å². The van der Waals surface area contributed by atoms with Crippen molar-refractivity contribution < 1.29 is 57.6 Å². The lowest BCUT2D eigenvalue weighted by atomic mass is 9.99. The van der Waals surface area contributed by atoms with E-state index in [1.54, 1.807) is 0 Å². The second-order valence-electron chi connectivity index (χ2n) is 27.0. The van der Waals surface area contributed by atoms with E-state index in [4.69, 9.17) is 40.1 Å². The lowest BCUT2D eigenvalue weighted by Crippen LogP contribution is -2.40. The standard InChI is InChI=1S/C79H130N8O12S/c1-4-7-10-12-14-16-18-20-22-24-26-28-30-42-74(92)98-60-66(99-75(93)43-31-29-27-25-23-21-19-17-15-13-11-8-5-2)61-100-62-68(80)70(89)56-65(59-88)79(94)83-49-36-51-96-53-55-97-54-52-95-50-35-48-82-72(90)40-34-41-73(91)84-57-63-44-46-64(47-45-63)58-87-71(39-9-6-3)86-76-77(87)67-37-32-33-38-69(67)85-78(76)81/h32-33,37-38,44-47,65-66,68,88H,4-31,34-36,39-43,48-62,80H2,1-3H3,(H2,81,85)(H,82,90)(H,83,94)(H,84,91)/t65-,66-,68+/m1/s1. The number of imidazole rings is 1. The first-order valence-corrected chi connectivity index (χ1v) is 40.0. The first kappa shape index (κ1) is 86.7. The summed E-state index contributed by atoms with van der Waals surface area (Å²) in [5.41, 5.74) is 17.4. The monoisotopic (exact) mass is 1410 g/mol. The fraction of sp³-hybridized carbons (Fsp3) is 0.722. The molecular weight excluding hydrogens is 1280 g/mol. The number of unbranched alkanes of at least 4 members (excludes halogenated alkanes) is 25. The molecule has 0 radical (unpaired) electrons. The second kappa shape index (κ2) is 56.8. The number of hydrogen-bond acceptors (Lipinski definition) is 17. The number of Topliss-reactive ketones (excluding diaryl/α,β-unsaturated/α-hetero) is 1. The molecule has 8 N–H and O–H groups in total. The highest BCUT2D eigenvalue weighted by Crippen LogP contribution is 2.30. The van der Waals surface area contributed by atoms with Crippen LogP contribution in [0, 0.1) is 5.92 Å². The van der Waals surface area contributed by atoms with E-state index in [1.165, 1.54) is 140 Å². The number of ketones is 1. The summed E-state index contributed by atoms with van der Waals surface area (Å²) < 4.78 is 30.6. The van der Waals surface area contributed by atoms with Crippen LogP contribution in [0.4, 0.5) is 5.82 Å². The van der Waals surface area contributed by atoms with Gasteiger partial charge in [-0.25, -0.2) is 9.97 Å². The number of nitrogens with zero attached hydrogens (tertiary/aromatic N) is 3. The second-order valence-corrected chi connectivity index (χ2v) is 28.1. The molecule has 2 heterocycles. The molecule has 0 bridgehead atoms. The summed E-state index contributed by atoms with van der Waals surface area (Å²) in [5, 5.41) is 19.7. The molecule has 2 aromatic heterocycles. The maximum atomic E-state index is 13.2. The maximum Gasteiger partial charge on any atom is 0.306 e. The van der Waals surface area contributed by atoms with Gasteiger partial charge in [0.05, 0.1) is 56.0 Å². The predicted molar refractivity (Wildman–Crippen MR) is 404 cm³/mol. The van der Waals surface area contributed by atoms with E-state index >= 15 is 0 Å². The van der Waals surface area contributed by atoms with Crippen LogP contribution in [0.15, 0.2) is 48.5 Å². The van der Waals surface area contributed by atoms with E-state index in [0.717, 1.165) is 96.7 Å². The van der Waals surface area contributed by atoms with Crippen molar-refractivity contribution in [3.63, 3.8) is 0 Å². The van der Waals surface area contributed by atoms with Gasteiger partial charge < -0.3 is 60.8 Å². The highest BCUT2D eigenvalue weighted by Gasteiger charge is 2.26. The minimum Gasteiger partial charge on any atom is -0.462 e. The van der Waals surface area contributed by atoms with E-state index in [1.807, 2.05) is 30.3 Å². The number of rotatable bonds is 65. The lowest BCUT2D eigenvalue weighted by Gasteiger charge is -2.20. The molecular formula is C79H130N8O12S. The van der Waals surface area contributed by atoms with E-state index < -0.39 is 30.6 Å². The average molecular weight is 1420 g/mol. The van der Waals surface area contributed by atoms with Crippen LogP contribution in [0.25, 0.3) is 21.9 Å². The molecule has 0 unspecified atom stereocenters. The Hall–Kier alpha value is -5.71. The van der Waals surface area contributed by atoms with Crippen LogP contribution in [-0.2, 0) is 72.0 Å². The van der Waals surface area contributed by atoms with Crippen LogP contribution in [0.1, 0.15) is 269 Å².